The van der Waals surface area contributed by atoms with Crippen molar-refractivity contribution >= 4 is 34.5 Å². The molecule has 1 amide bonds. The highest BCUT2D eigenvalue weighted by Crippen LogP contribution is 2.36. The minimum atomic E-state index is -0.491. The molecule has 2 heterocycles. The average Bonchev–Trinajstić information content (AvgIpc) is 2.92. The molecule has 1 saturated carbocycles. The number of ketones is 1. The summed E-state index contributed by atoms with van der Waals surface area (Å²) < 4.78 is 8.42. The van der Waals surface area contributed by atoms with Gasteiger partial charge < -0.3 is 4.74 Å². The second-order valence-electron chi connectivity index (χ2n) is 7.25. The first-order chi connectivity index (χ1) is 10.7. The third-order valence-electron chi connectivity index (χ3n) is 4.26. The number of likely N-dealkylation sites (tertiary alicyclic amines) is 1. The van der Waals surface area contributed by atoms with E-state index in [9.17, 15) is 9.59 Å². The summed E-state index contributed by atoms with van der Waals surface area (Å²) in [4.78, 5) is 25.5. The molecule has 6 nitrogen and oxygen atoms in total. The summed E-state index contributed by atoms with van der Waals surface area (Å²) in [6.45, 7) is 6.31. The van der Waals surface area contributed by atoms with Gasteiger partial charge in [-0.25, -0.2) is 4.79 Å². The van der Waals surface area contributed by atoms with E-state index in [0.29, 0.717) is 25.2 Å². The van der Waals surface area contributed by atoms with Crippen molar-refractivity contribution in [3.05, 3.63) is 15.5 Å². The Labute approximate surface area is 149 Å². The fourth-order valence-corrected chi connectivity index (χ4v) is 3.87. The van der Waals surface area contributed by atoms with E-state index >= 15 is 0 Å². The topological polar surface area (TPSA) is 64.4 Å². The molecule has 0 radical (unpaired) electrons. The zero-order valence-electron chi connectivity index (χ0n) is 13.7. The van der Waals surface area contributed by atoms with Crippen molar-refractivity contribution in [2.45, 2.75) is 64.1 Å². The van der Waals surface area contributed by atoms with E-state index in [2.05, 4.69) is 27.7 Å². The monoisotopic (exact) mass is 431 g/mol. The van der Waals surface area contributed by atoms with Crippen LogP contribution in [0.5, 0.6) is 0 Å². The zero-order chi connectivity index (χ0) is 16.8. The van der Waals surface area contributed by atoms with Crippen LogP contribution < -0.4 is 0 Å². The highest BCUT2D eigenvalue weighted by molar-refractivity contribution is 14.1. The van der Waals surface area contributed by atoms with Crippen LogP contribution in [-0.2, 0) is 9.53 Å². The molecule has 23 heavy (non-hydrogen) atoms. The number of hydrogen-bond donors (Lipinski definition) is 0. The van der Waals surface area contributed by atoms with Gasteiger partial charge in [0, 0.05) is 19.4 Å². The lowest BCUT2D eigenvalue weighted by molar-refractivity contribution is -0.117. The molecule has 0 bridgehead atoms. The molecule has 1 aromatic rings. The Morgan fingerprint density at radius 1 is 1.39 bits per heavy atom. The van der Waals surface area contributed by atoms with Gasteiger partial charge in [-0.15, -0.1) is 0 Å². The van der Waals surface area contributed by atoms with Crippen molar-refractivity contribution in [1.82, 2.24) is 14.7 Å². The highest BCUT2D eigenvalue weighted by atomic mass is 127. The fourth-order valence-electron chi connectivity index (χ4n) is 3.05. The minimum absolute atomic E-state index is 0.0169. The first kappa shape index (κ1) is 16.7. The van der Waals surface area contributed by atoms with E-state index in [1.165, 1.54) is 0 Å². The lowest BCUT2D eigenvalue weighted by atomic mass is 10.0. The lowest BCUT2D eigenvalue weighted by Crippen LogP contribution is -2.47. The van der Waals surface area contributed by atoms with E-state index in [1.54, 1.807) is 4.90 Å². The van der Waals surface area contributed by atoms with Gasteiger partial charge in [0.2, 0.25) is 0 Å². The van der Waals surface area contributed by atoms with Gasteiger partial charge in [-0.1, -0.05) is 0 Å². The SMILES string of the molecule is CC(C)(C)OC(=O)N1CCC1c1cc(I)n(C2CCC(=O)C2)n1. The lowest BCUT2D eigenvalue weighted by Gasteiger charge is -2.40. The largest absolute Gasteiger partial charge is 0.444 e. The Balaban J connectivity index is 1.72. The van der Waals surface area contributed by atoms with Crippen LogP contribution in [0.1, 0.15) is 64.2 Å². The van der Waals surface area contributed by atoms with Crippen LogP contribution in [-0.4, -0.2) is 38.7 Å². The van der Waals surface area contributed by atoms with Crippen molar-refractivity contribution in [1.29, 1.82) is 0 Å². The van der Waals surface area contributed by atoms with Crippen molar-refractivity contribution in [3.63, 3.8) is 0 Å². The second kappa shape index (κ2) is 6.07. The third kappa shape index (κ3) is 3.54. The maximum absolute atomic E-state index is 12.2. The summed E-state index contributed by atoms with van der Waals surface area (Å²) in [6, 6.07) is 2.17. The maximum Gasteiger partial charge on any atom is 0.410 e. The molecular weight excluding hydrogens is 409 g/mol. The van der Waals surface area contributed by atoms with Crippen molar-refractivity contribution in [2.24, 2.45) is 0 Å². The molecule has 2 unspecified atom stereocenters. The van der Waals surface area contributed by atoms with E-state index in [0.717, 1.165) is 22.2 Å². The normalized spacial score (nSPS) is 24.7. The highest BCUT2D eigenvalue weighted by Gasteiger charge is 2.38. The molecule has 1 aliphatic heterocycles. The average molecular weight is 431 g/mol. The number of carbonyl (C=O) groups excluding carboxylic acids is 2. The van der Waals surface area contributed by atoms with Gasteiger partial charge >= 0.3 is 6.09 Å². The van der Waals surface area contributed by atoms with Gasteiger partial charge in [0.1, 0.15) is 11.4 Å². The van der Waals surface area contributed by atoms with Crippen molar-refractivity contribution < 1.29 is 14.3 Å². The summed E-state index contributed by atoms with van der Waals surface area (Å²) in [7, 11) is 0. The van der Waals surface area contributed by atoms with Crippen LogP contribution in [0.2, 0.25) is 0 Å². The molecule has 2 atom stereocenters. The molecule has 1 aliphatic carbocycles. The summed E-state index contributed by atoms with van der Waals surface area (Å²) in [5, 5.41) is 4.68. The Hall–Kier alpha value is -1.12. The first-order valence-electron chi connectivity index (χ1n) is 8.01. The Morgan fingerprint density at radius 3 is 2.65 bits per heavy atom. The number of ether oxygens (including phenoxy) is 1. The standard InChI is InChI=1S/C16H22IN3O3/c1-16(2,3)23-15(22)19-7-6-13(19)12-9-14(17)20(18-12)10-4-5-11(21)8-10/h9-10,13H,4-8H2,1-3H3. The van der Waals surface area contributed by atoms with Gasteiger partial charge in [0.05, 0.1) is 21.5 Å². The predicted octanol–water partition coefficient (Wildman–Crippen LogP) is 3.46. The van der Waals surface area contributed by atoms with E-state index in [4.69, 9.17) is 4.74 Å². The van der Waals surface area contributed by atoms with E-state index < -0.39 is 5.60 Å². The molecule has 126 valence electrons. The fraction of sp³-hybridized carbons (Fsp3) is 0.688. The number of aromatic nitrogens is 2. The molecule has 0 spiro atoms. The first-order valence-corrected chi connectivity index (χ1v) is 9.09. The van der Waals surface area contributed by atoms with Gasteiger partial charge in [-0.2, -0.15) is 5.10 Å². The van der Waals surface area contributed by atoms with Crippen LogP contribution in [0.25, 0.3) is 0 Å². The molecule has 0 N–H and O–H groups in total. The maximum atomic E-state index is 12.2. The number of Topliss-reactive ketones (excluding diaryl/α,β-unsaturated/α-hetero) is 1. The van der Waals surface area contributed by atoms with Gasteiger partial charge in [0.15, 0.2) is 0 Å². The number of nitrogens with zero attached hydrogens (tertiary/aromatic N) is 3. The number of rotatable bonds is 2. The van der Waals surface area contributed by atoms with Crippen molar-refractivity contribution in [3.8, 4) is 0 Å². The molecule has 1 aromatic heterocycles. The van der Waals surface area contributed by atoms with Crippen LogP contribution >= 0.6 is 22.6 Å². The molecule has 1 saturated heterocycles. The number of amides is 1. The smallest absolute Gasteiger partial charge is 0.410 e. The van der Waals surface area contributed by atoms with Gasteiger partial charge in [-0.05, 0) is 62.3 Å². The summed E-state index contributed by atoms with van der Waals surface area (Å²) in [5.41, 5.74) is 0.403. The van der Waals surface area contributed by atoms with Crippen LogP contribution in [0, 0.1) is 3.70 Å². The molecule has 7 heteroatoms. The van der Waals surface area contributed by atoms with E-state index in [1.807, 2.05) is 31.5 Å². The van der Waals surface area contributed by atoms with E-state index in [-0.39, 0.29) is 18.2 Å². The molecular formula is C16H22IN3O3. The molecule has 2 aliphatic rings. The van der Waals surface area contributed by atoms with Gasteiger partial charge in [0.25, 0.3) is 0 Å². The van der Waals surface area contributed by atoms with Crippen LogP contribution in [0.3, 0.4) is 0 Å². The number of carbonyl (C=O) groups is 2. The quantitative estimate of drug-likeness (QED) is 0.673. The Kier molecular flexibility index (Phi) is 4.41. The minimum Gasteiger partial charge on any atom is -0.444 e. The summed E-state index contributed by atoms with van der Waals surface area (Å²) in [5.74, 6) is 0.307. The van der Waals surface area contributed by atoms with Crippen LogP contribution in [0.15, 0.2) is 6.07 Å². The number of halogens is 1. The predicted molar refractivity (Wildman–Crippen MR) is 93.1 cm³/mol. The van der Waals surface area contributed by atoms with Crippen molar-refractivity contribution in [2.75, 3.05) is 6.54 Å². The van der Waals surface area contributed by atoms with Gasteiger partial charge in [-0.3, -0.25) is 14.4 Å². The molecule has 0 aromatic carbocycles. The summed E-state index contributed by atoms with van der Waals surface area (Å²) in [6.07, 6.45) is 2.68. The summed E-state index contributed by atoms with van der Waals surface area (Å²) >= 11 is 2.25. The Bertz CT molecular complexity index is 635. The molecule has 3 rings (SSSR count). The third-order valence-corrected chi connectivity index (χ3v) is 5.07. The zero-order valence-corrected chi connectivity index (χ0v) is 15.9. The second-order valence-corrected chi connectivity index (χ2v) is 8.36. The molecule has 2 fully saturated rings. The Morgan fingerprint density at radius 2 is 2.13 bits per heavy atom. The number of hydrogen-bond acceptors (Lipinski definition) is 4. The van der Waals surface area contributed by atoms with Crippen LogP contribution in [0.4, 0.5) is 4.79 Å².